The lowest BCUT2D eigenvalue weighted by molar-refractivity contribution is -0.122. The second-order valence-electron chi connectivity index (χ2n) is 5.24. The molecule has 0 bridgehead atoms. The van der Waals surface area contributed by atoms with Crippen LogP contribution in [0.4, 0.5) is 0 Å². The van der Waals surface area contributed by atoms with Crippen LogP contribution in [-0.4, -0.2) is 28.0 Å². The van der Waals surface area contributed by atoms with Gasteiger partial charge in [0.2, 0.25) is 5.91 Å². The molecule has 0 saturated carbocycles. The molecule has 0 aliphatic rings. The van der Waals surface area contributed by atoms with Crippen molar-refractivity contribution in [1.82, 2.24) is 15.1 Å². The Hall–Kier alpha value is -2.65. The third-order valence-electron chi connectivity index (χ3n) is 3.41. The van der Waals surface area contributed by atoms with Crippen molar-refractivity contribution in [2.45, 2.75) is 19.9 Å². The van der Waals surface area contributed by atoms with Crippen LogP contribution >= 0.6 is 11.6 Å². The van der Waals surface area contributed by atoms with Crippen LogP contribution in [0.15, 0.2) is 36.7 Å². The molecule has 0 fully saturated rings. The summed E-state index contributed by atoms with van der Waals surface area (Å²) in [6, 6.07) is 9.09. The number of hydrogen-bond acceptors (Lipinski definition) is 4. The second-order valence-corrected chi connectivity index (χ2v) is 5.64. The number of amides is 1. The first kappa shape index (κ1) is 17.7. The number of benzene rings is 1. The van der Waals surface area contributed by atoms with Gasteiger partial charge in [0, 0.05) is 17.8 Å². The van der Waals surface area contributed by atoms with Crippen molar-refractivity contribution in [3.05, 3.63) is 52.8 Å². The van der Waals surface area contributed by atoms with E-state index in [1.165, 1.54) is 12.4 Å². The normalized spacial score (nSPS) is 11.5. The predicted octanol–water partition coefficient (Wildman–Crippen LogP) is 2.43. The van der Waals surface area contributed by atoms with Gasteiger partial charge >= 0.3 is 0 Å². The number of carbonyl (C=O) groups is 2. The first-order chi connectivity index (χ1) is 11.6. The van der Waals surface area contributed by atoms with E-state index in [0.717, 1.165) is 12.0 Å². The standard InChI is InChI=1S/C17H17ClN4O2/c1-2-7-20-17(24)14(8-19)16(23)13-9-21-22(11-13)10-12-5-3-4-6-15(12)18/h3-6,9,11,14H,2,7,10H2,1H3,(H,20,24). The Kier molecular flexibility index (Phi) is 6.10. The second kappa shape index (κ2) is 8.27. The maximum atomic E-state index is 12.4. The maximum Gasteiger partial charge on any atom is 0.245 e. The first-order valence-electron chi connectivity index (χ1n) is 7.54. The smallest absolute Gasteiger partial charge is 0.245 e. The van der Waals surface area contributed by atoms with Gasteiger partial charge in [-0.3, -0.25) is 14.3 Å². The highest BCUT2D eigenvalue weighted by atomic mass is 35.5. The molecule has 1 heterocycles. The average molecular weight is 345 g/mol. The van der Waals surface area contributed by atoms with Crippen molar-refractivity contribution in [2.75, 3.05) is 6.54 Å². The Balaban J connectivity index is 2.11. The summed E-state index contributed by atoms with van der Waals surface area (Å²) in [4.78, 5) is 24.2. The number of nitrogens with zero attached hydrogens (tertiary/aromatic N) is 3. The summed E-state index contributed by atoms with van der Waals surface area (Å²) < 4.78 is 1.55. The molecule has 0 saturated heterocycles. The van der Waals surface area contributed by atoms with Crippen LogP contribution in [0, 0.1) is 17.2 Å². The Morgan fingerprint density at radius 3 is 2.83 bits per heavy atom. The van der Waals surface area contributed by atoms with Gasteiger partial charge < -0.3 is 5.32 Å². The molecule has 0 aliphatic heterocycles. The average Bonchev–Trinajstić information content (AvgIpc) is 3.04. The van der Waals surface area contributed by atoms with Gasteiger partial charge in [0.25, 0.3) is 0 Å². The maximum absolute atomic E-state index is 12.4. The van der Waals surface area contributed by atoms with Gasteiger partial charge in [-0.1, -0.05) is 36.7 Å². The number of carbonyl (C=O) groups excluding carboxylic acids is 2. The Bertz CT molecular complexity index is 779. The molecule has 124 valence electrons. The van der Waals surface area contributed by atoms with E-state index in [1.807, 2.05) is 25.1 Å². The molecule has 2 aromatic rings. The third kappa shape index (κ3) is 4.21. The number of aromatic nitrogens is 2. The molecule has 1 aromatic heterocycles. The molecule has 1 aromatic carbocycles. The topological polar surface area (TPSA) is 87.8 Å². The highest BCUT2D eigenvalue weighted by molar-refractivity contribution is 6.31. The summed E-state index contributed by atoms with van der Waals surface area (Å²) in [6.07, 6.45) is 3.60. The summed E-state index contributed by atoms with van der Waals surface area (Å²) in [5, 5.41) is 16.4. The number of nitrogens with one attached hydrogen (secondary N) is 1. The molecular formula is C17H17ClN4O2. The van der Waals surface area contributed by atoms with Crippen LogP contribution < -0.4 is 5.32 Å². The lowest BCUT2D eigenvalue weighted by atomic mass is 10.0. The molecule has 0 aliphatic carbocycles. The first-order valence-corrected chi connectivity index (χ1v) is 7.92. The van der Waals surface area contributed by atoms with Crippen molar-refractivity contribution < 1.29 is 9.59 Å². The van der Waals surface area contributed by atoms with Gasteiger partial charge in [-0.15, -0.1) is 0 Å². The number of nitriles is 1. The van der Waals surface area contributed by atoms with Gasteiger partial charge in [-0.25, -0.2) is 0 Å². The Morgan fingerprint density at radius 1 is 1.42 bits per heavy atom. The number of halogens is 1. The zero-order chi connectivity index (χ0) is 17.5. The van der Waals surface area contributed by atoms with Gasteiger partial charge in [0.15, 0.2) is 11.7 Å². The SMILES string of the molecule is CCCNC(=O)C(C#N)C(=O)c1cnn(Cc2ccccc2Cl)c1. The van der Waals surface area contributed by atoms with Gasteiger partial charge in [-0.05, 0) is 18.1 Å². The fourth-order valence-corrected chi connectivity index (χ4v) is 2.33. The summed E-state index contributed by atoms with van der Waals surface area (Å²) in [7, 11) is 0. The number of hydrogen-bond donors (Lipinski definition) is 1. The van der Waals surface area contributed by atoms with Gasteiger partial charge in [0.05, 0.1) is 24.4 Å². The highest BCUT2D eigenvalue weighted by Crippen LogP contribution is 2.16. The van der Waals surface area contributed by atoms with Crippen molar-refractivity contribution in [2.24, 2.45) is 5.92 Å². The molecular weight excluding hydrogens is 328 g/mol. The molecule has 24 heavy (non-hydrogen) atoms. The minimum Gasteiger partial charge on any atom is -0.355 e. The van der Waals surface area contributed by atoms with Crippen LogP contribution in [-0.2, 0) is 11.3 Å². The molecule has 1 unspecified atom stereocenters. The summed E-state index contributed by atoms with van der Waals surface area (Å²) in [6.45, 7) is 2.71. The van der Waals surface area contributed by atoms with Crippen molar-refractivity contribution >= 4 is 23.3 Å². The summed E-state index contributed by atoms with van der Waals surface area (Å²) in [5.74, 6) is -2.51. The van der Waals surface area contributed by atoms with Gasteiger partial charge in [0.1, 0.15) is 0 Å². The lowest BCUT2D eigenvalue weighted by Crippen LogP contribution is -2.35. The van der Waals surface area contributed by atoms with Crippen LogP contribution in [0.3, 0.4) is 0 Å². The molecule has 6 nitrogen and oxygen atoms in total. The predicted molar refractivity (Wildman–Crippen MR) is 89.5 cm³/mol. The molecule has 7 heteroatoms. The molecule has 1 N–H and O–H groups in total. The molecule has 0 radical (unpaired) electrons. The largest absolute Gasteiger partial charge is 0.355 e. The summed E-state index contributed by atoms with van der Waals surface area (Å²) >= 11 is 6.10. The lowest BCUT2D eigenvalue weighted by Gasteiger charge is -2.07. The molecule has 0 spiro atoms. The molecule has 2 rings (SSSR count). The Morgan fingerprint density at radius 2 is 2.17 bits per heavy atom. The van der Waals surface area contributed by atoms with Crippen LogP contribution in [0.5, 0.6) is 0 Å². The van der Waals surface area contributed by atoms with E-state index in [4.69, 9.17) is 16.9 Å². The monoisotopic (exact) mass is 344 g/mol. The van der Waals surface area contributed by atoms with Crippen LogP contribution in [0.2, 0.25) is 5.02 Å². The van der Waals surface area contributed by atoms with Crippen LogP contribution in [0.1, 0.15) is 29.3 Å². The van der Waals surface area contributed by atoms with Crippen molar-refractivity contribution in [3.63, 3.8) is 0 Å². The number of rotatable bonds is 7. The van der Waals surface area contributed by atoms with E-state index < -0.39 is 17.6 Å². The molecule has 1 atom stereocenters. The van der Waals surface area contributed by atoms with E-state index in [-0.39, 0.29) is 5.56 Å². The summed E-state index contributed by atoms with van der Waals surface area (Å²) in [5.41, 5.74) is 1.08. The minimum atomic E-state index is -1.37. The van der Waals surface area contributed by atoms with Crippen molar-refractivity contribution in [1.29, 1.82) is 5.26 Å². The van der Waals surface area contributed by atoms with E-state index in [1.54, 1.807) is 16.8 Å². The Labute approximate surface area is 145 Å². The fraction of sp³-hybridized carbons (Fsp3) is 0.294. The highest BCUT2D eigenvalue weighted by Gasteiger charge is 2.28. The zero-order valence-corrected chi connectivity index (χ0v) is 14.0. The number of Topliss-reactive ketones (excluding diaryl/α,β-unsaturated/α-hetero) is 1. The van der Waals surface area contributed by atoms with E-state index in [9.17, 15) is 9.59 Å². The zero-order valence-electron chi connectivity index (χ0n) is 13.2. The molecule has 1 amide bonds. The minimum absolute atomic E-state index is 0.222. The fourth-order valence-electron chi connectivity index (χ4n) is 2.13. The van der Waals surface area contributed by atoms with Crippen LogP contribution in [0.25, 0.3) is 0 Å². The third-order valence-corrected chi connectivity index (χ3v) is 3.78. The van der Waals surface area contributed by atoms with E-state index in [2.05, 4.69) is 10.4 Å². The van der Waals surface area contributed by atoms with E-state index >= 15 is 0 Å². The number of ketones is 1. The quantitative estimate of drug-likeness (QED) is 0.617. The van der Waals surface area contributed by atoms with Crippen molar-refractivity contribution in [3.8, 4) is 6.07 Å². The van der Waals surface area contributed by atoms with E-state index in [0.29, 0.717) is 18.1 Å². The van der Waals surface area contributed by atoms with Gasteiger partial charge in [-0.2, -0.15) is 10.4 Å².